The number of methoxy groups -OCH3 is 1. The Labute approximate surface area is 168 Å². The molecule has 0 bridgehead atoms. The minimum Gasteiger partial charge on any atom is -0.497 e. The fraction of sp³-hybridized carbons (Fsp3) is 0.190. The Hall–Kier alpha value is -3.12. The monoisotopic (exact) mass is 396 g/mol. The van der Waals surface area contributed by atoms with Crippen LogP contribution in [0.4, 0.5) is 11.6 Å². The first-order valence-electron chi connectivity index (χ1n) is 8.87. The first-order chi connectivity index (χ1) is 13.6. The van der Waals surface area contributed by atoms with Gasteiger partial charge in [0.05, 0.1) is 13.5 Å². The van der Waals surface area contributed by atoms with E-state index in [9.17, 15) is 4.79 Å². The Morgan fingerprint density at radius 1 is 1.00 bits per heavy atom. The summed E-state index contributed by atoms with van der Waals surface area (Å²) in [6, 6.07) is 18.6. The van der Waals surface area contributed by atoms with Gasteiger partial charge in [-0.25, -0.2) is 0 Å². The number of nitrogens with zero attached hydrogens (tertiary/aromatic N) is 2. The van der Waals surface area contributed by atoms with Crippen LogP contribution in [0.15, 0.2) is 60.7 Å². The van der Waals surface area contributed by atoms with E-state index in [4.69, 9.17) is 16.3 Å². The largest absolute Gasteiger partial charge is 0.497 e. The van der Waals surface area contributed by atoms with Crippen LogP contribution in [-0.4, -0.2) is 29.8 Å². The maximum absolute atomic E-state index is 12.1. The van der Waals surface area contributed by atoms with Crippen molar-refractivity contribution in [3.8, 4) is 5.75 Å². The molecular weight excluding hydrogens is 376 g/mol. The Kier molecular flexibility index (Phi) is 6.81. The van der Waals surface area contributed by atoms with Crippen LogP contribution in [-0.2, 0) is 17.6 Å². The molecule has 7 heteroatoms. The highest BCUT2D eigenvalue weighted by atomic mass is 35.5. The fourth-order valence-electron chi connectivity index (χ4n) is 2.64. The van der Waals surface area contributed by atoms with Crippen molar-refractivity contribution in [2.45, 2.75) is 12.8 Å². The van der Waals surface area contributed by atoms with Crippen LogP contribution in [0.25, 0.3) is 0 Å². The lowest BCUT2D eigenvalue weighted by molar-refractivity contribution is -0.115. The molecule has 0 atom stereocenters. The number of amides is 1. The van der Waals surface area contributed by atoms with Crippen molar-refractivity contribution in [2.75, 3.05) is 24.3 Å². The number of benzene rings is 2. The molecule has 0 fully saturated rings. The highest BCUT2D eigenvalue weighted by molar-refractivity contribution is 6.30. The molecular formula is C21H21ClN4O2. The van der Waals surface area contributed by atoms with E-state index < -0.39 is 0 Å². The Bertz CT molecular complexity index is 914. The van der Waals surface area contributed by atoms with E-state index >= 15 is 0 Å². The second kappa shape index (κ2) is 9.71. The van der Waals surface area contributed by atoms with Gasteiger partial charge in [0, 0.05) is 11.6 Å². The van der Waals surface area contributed by atoms with Crippen molar-refractivity contribution in [3.05, 3.63) is 76.8 Å². The summed E-state index contributed by atoms with van der Waals surface area (Å²) in [5.74, 6) is 1.67. The van der Waals surface area contributed by atoms with E-state index in [-0.39, 0.29) is 12.3 Å². The van der Waals surface area contributed by atoms with E-state index in [2.05, 4.69) is 20.8 Å². The number of ether oxygens (including phenoxy) is 1. The molecule has 3 rings (SSSR count). The van der Waals surface area contributed by atoms with Crippen molar-refractivity contribution in [2.24, 2.45) is 0 Å². The highest BCUT2D eigenvalue weighted by Crippen LogP contribution is 2.13. The Morgan fingerprint density at radius 2 is 1.75 bits per heavy atom. The van der Waals surface area contributed by atoms with Crippen molar-refractivity contribution < 1.29 is 9.53 Å². The van der Waals surface area contributed by atoms with Gasteiger partial charge in [-0.3, -0.25) is 4.79 Å². The van der Waals surface area contributed by atoms with Gasteiger partial charge >= 0.3 is 0 Å². The van der Waals surface area contributed by atoms with Crippen molar-refractivity contribution in [3.63, 3.8) is 0 Å². The van der Waals surface area contributed by atoms with Gasteiger partial charge in [0.2, 0.25) is 5.91 Å². The average molecular weight is 397 g/mol. The average Bonchev–Trinajstić information content (AvgIpc) is 2.70. The topological polar surface area (TPSA) is 76.1 Å². The summed E-state index contributed by atoms with van der Waals surface area (Å²) in [6.45, 7) is 0.707. The minimum absolute atomic E-state index is 0.152. The summed E-state index contributed by atoms with van der Waals surface area (Å²) in [4.78, 5) is 12.1. The SMILES string of the molecule is COc1ccc(CC(=O)Nc2ccc(NCCc3cccc(Cl)c3)nn2)cc1. The van der Waals surface area contributed by atoms with Crippen molar-refractivity contribution >= 4 is 29.1 Å². The molecule has 1 heterocycles. The quantitative estimate of drug-likeness (QED) is 0.602. The van der Waals surface area contributed by atoms with Gasteiger partial charge in [0.25, 0.3) is 0 Å². The minimum atomic E-state index is -0.152. The molecule has 2 N–H and O–H groups in total. The summed E-state index contributed by atoms with van der Waals surface area (Å²) in [7, 11) is 1.61. The smallest absolute Gasteiger partial charge is 0.229 e. The van der Waals surface area contributed by atoms with Crippen molar-refractivity contribution in [1.29, 1.82) is 0 Å². The molecule has 6 nitrogen and oxygen atoms in total. The molecule has 28 heavy (non-hydrogen) atoms. The van der Waals surface area contributed by atoms with Gasteiger partial charge in [-0.2, -0.15) is 0 Å². The Morgan fingerprint density at radius 3 is 2.43 bits per heavy atom. The zero-order valence-corrected chi connectivity index (χ0v) is 16.2. The number of carbonyl (C=O) groups excluding carboxylic acids is 1. The number of nitrogens with one attached hydrogen (secondary N) is 2. The molecule has 0 unspecified atom stereocenters. The van der Waals surface area contributed by atoms with Gasteiger partial charge in [0.1, 0.15) is 11.6 Å². The van der Waals surface area contributed by atoms with E-state index in [1.54, 1.807) is 19.2 Å². The molecule has 0 aliphatic carbocycles. The lowest BCUT2D eigenvalue weighted by Gasteiger charge is -2.07. The zero-order valence-electron chi connectivity index (χ0n) is 15.5. The molecule has 0 spiro atoms. The number of hydrogen-bond acceptors (Lipinski definition) is 5. The number of anilines is 2. The predicted octanol–water partition coefficient (Wildman–Crippen LogP) is 3.97. The molecule has 0 saturated heterocycles. The number of carbonyl (C=O) groups is 1. The normalized spacial score (nSPS) is 10.4. The summed E-state index contributed by atoms with van der Waals surface area (Å²) in [6.07, 6.45) is 1.08. The second-order valence-corrected chi connectivity index (χ2v) is 6.62. The molecule has 0 aliphatic rings. The fourth-order valence-corrected chi connectivity index (χ4v) is 2.85. The third-order valence-corrected chi connectivity index (χ3v) is 4.30. The van der Waals surface area contributed by atoms with Crippen LogP contribution in [0.1, 0.15) is 11.1 Å². The van der Waals surface area contributed by atoms with E-state index in [0.717, 1.165) is 28.3 Å². The summed E-state index contributed by atoms with van der Waals surface area (Å²) >= 11 is 5.98. The third kappa shape index (κ3) is 5.96. The number of hydrogen-bond donors (Lipinski definition) is 2. The van der Waals surface area contributed by atoms with Gasteiger partial charge in [-0.1, -0.05) is 35.9 Å². The van der Waals surface area contributed by atoms with Gasteiger partial charge in [-0.15, -0.1) is 10.2 Å². The highest BCUT2D eigenvalue weighted by Gasteiger charge is 2.06. The molecule has 3 aromatic rings. The standard InChI is InChI=1S/C21H21ClN4O2/c1-28-18-7-5-16(6-8-18)14-21(27)24-20-10-9-19(25-26-20)23-12-11-15-3-2-4-17(22)13-15/h2-10,13H,11-12,14H2,1H3,(H,23,25)(H,24,26,27). The van der Waals surface area contributed by atoms with Crippen LogP contribution in [0.3, 0.4) is 0 Å². The molecule has 1 amide bonds. The Balaban J connectivity index is 1.46. The lowest BCUT2D eigenvalue weighted by atomic mass is 10.1. The van der Waals surface area contributed by atoms with Crippen LogP contribution < -0.4 is 15.4 Å². The van der Waals surface area contributed by atoms with Gasteiger partial charge in [-0.05, 0) is 53.9 Å². The second-order valence-electron chi connectivity index (χ2n) is 6.18. The van der Waals surface area contributed by atoms with Crippen LogP contribution in [0.5, 0.6) is 5.75 Å². The number of aromatic nitrogens is 2. The molecule has 144 valence electrons. The lowest BCUT2D eigenvalue weighted by Crippen LogP contribution is -2.16. The zero-order chi connectivity index (χ0) is 19.8. The van der Waals surface area contributed by atoms with Crippen LogP contribution >= 0.6 is 11.6 Å². The summed E-state index contributed by atoms with van der Waals surface area (Å²) in [5.41, 5.74) is 2.04. The van der Waals surface area contributed by atoms with E-state index in [1.165, 1.54) is 0 Å². The van der Waals surface area contributed by atoms with Crippen molar-refractivity contribution in [1.82, 2.24) is 10.2 Å². The maximum atomic E-state index is 12.1. The molecule has 2 aromatic carbocycles. The maximum Gasteiger partial charge on any atom is 0.229 e. The predicted molar refractivity (Wildman–Crippen MR) is 111 cm³/mol. The first-order valence-corrected chi connectivity index (χ1v) is 9.25. The van der Waals surface area contributed by atoms with E-state index in [1.807, 2.05) is 48.5 Å². The van der Waals surface area contributed by atoms with Gasteiger partial charge < -0.3 is 15.4 Å². The summed E-state index contributed by atoms with van der Waals surface area (Å²) in [5, 5.41) is 14.8. The van der Waals surface area contributed by atoms with E-state index in [0.29, 0.717) is 18.2 Å². The number of halogens is 1. The third-order valence-electron chi connectivity index (χ3n) is 4.06. The number of rotatable bonds is 8. The molecule has 0 radical (unpaired) electrons. The summed E-state index contributed by atoms with van der Waals surface area (Å²) < 4.78 is 5.11. The molecule has 0 aliphatic heterocycles. The van der Waals surface area contributed by atoms with Gasteiger partial charge in [0.15, 0.2) is 5.82 Å². The molecule has 0 saturated carbocycles. The first kappa shape index (κ1) is 19.6. The van der Waals surface area contributed by atoms with Crippen LogP contribution in [0.2, 0.25) is 5.02 Å². The van der Waals surface area contributed by atoms with Crippen LogP contribution in [0, 0.1) is 0 Å². The molecule has 1 aromatic heterocycles.